The van der Waals surface area contributed by atoms with Crippen molar-refractivity contribution in [2.75, 3.05) is 0 Å². The molecule has 0 saturated carbocycles. The van der Waals surface area contributed by atoms with Crippen LogP contribution in [0.3, 0.4) is 0 Å². The monoisotopic (exact) mass is 341 g/mol. The van der Waals surface area contributed by atoms with Crippen molar-refractivity contribution in [3.63, 3.8) is 0 Å². The Labute approximate surface area is 141 Å². The lowest BCUT2D eigenvalue weighted by Gasteiger charge is -2.05. The van der Waals surface area contributed by atoms with Gasteiger partial charge in [0.1, 0.15) is 5.69 Å². The molecule has 6 nitrogen and oxygen atoms in total. The van der Waals surface area contributed by atoms with Gasteiger partial charge in [0.2, 0.25) is 5.88 Å². The Kier molecular flexibility index (Phi) is 3.85. The van der Waals surface area contributed by atoms with Crippen LogP contribution in [0, 0.1) is 0 Å². The van der Waals surface area contributed by atoms with Gasteiger partial charge in [0.25, 0.3) is 0 Å². The zero-order valence-corrected chi connectivity index (χ0v) is 12.9. The van der Waals surface area contributed by atoms with E-state index in [9.17, 15) is 8.78 Å². The lowest BCUT2D eigenvalue weighted by atomic mass is 10.2. The molecule has 0 radical (unpaired) electrons. The predicted octanol–water partition coefficient (Wildman–Crippen LogP) is 3.47. The van der Waals surface area contributed by atoms with Crippen LogP contribution in [0.4, 0.5) is 8.78 Å². The molecule has 0 bridgehead atoms. The number of ether oxygens (including phenoxy) is 1. The normalized spacial score (nSPS) is 11.3. The van der Waals surface area contributed by atoms with Crippen LogP contribution in [0.15, 0.2) is 54.7 Å². The molecule has 0 fully saturated rings. The van der Waals surface area contributed by atoms with Crippen molar-refractivity contribution in [3.05, 3.63) is 60.4 Å². The summed E-state index contributed by atoms with van der Waals surface area (Å²) in [5.41, 5.74) is 3.11. The number of hydrogen-bond donors (Lipinski definition) is 1. The van der Waals surface area contributed by atoms with E-state index in [4.69, 9.17) is 0 Å². The zero-order chi connectivity index (χ0) is 17.2. The minimum atomic E-state index is -2.90. The first-order valence-electron chi connectivity index (χ1n) is 7.56. The van der Waals surface area contributed by atoms with Crippen molar-refractivity contribution in [2.45, 2.75) is 13.2 Å². The minimum absolute atomic E-state index is 0.122. The number of para-hydroxylation sites is 1. The molecule has 0 aliphatic rings. The van der Waals surface area contributed by atoms with Crippen molar-refractivity contribution in [2.24, 2.45) is 0 Å². The Morgan fingerprint density at radius 3 is 2.84 bits per heavy atom. The molecule has 0 amide bonds. The van der Waals surface area contributed by atoms with E-state index in [0.29, 0.717) is 17.9 Å². The van der Waals surface area contributed by atoms with Crippen LogP contribution >= 0.6 is 0 Å². The topological polar surface area (TPSA) is 68.6 Å². The fraction of sp³-hybridized carbons (Fsp3) is 0.118. The van der Waals surface area contributed by atoms with Gasteiger partial charge in [-0.1, -0.05) is 29.5 Å². The predicted molar refractivity (Wildman–Crippen MR) is 87.3 cm³/mol. The van der Waals surface area contributed by atoms with Gasteiger partial charge >= 0.3 is 6.61 Å². The Balaban J connectivity index is 1.55. The number of benzene rings is 1. The van der Waals surface area contributed by atoms with Gasteiger partial charge in [-0.15, -0.1) is 5.10 Å². The molecule has 1 N–H and O–H groups in total. The molecule has 8 heteroatoms. The summed E-state index contributed by atoms with van der Waals surface area (Å²) in [6.45, 7) is -2.60. The zero-order valence-electron chi connectivity index (χ0n) is 12.9. The fourth-order valence-electron chi connectivity index (χ4n) is 2.58. The second-order valence-electron chi connectivity index (χ2n) is 5.42. The molecule has 0 saturated heterocycles. The highest BCUT2D eigenvalue weighted by atomic mass is 19.3. The summed E-state index contributed by atoms with van der Waals surface area (Å²) in [5.74, 6) is -0.122. The standard InChI is InChI=1S/C17H13F2N5O/c18-17(19)25-16-7-3-5-12(20-16)9-24-10-15(22-23-24)14-8-11-4-1-2-6-13(11)21-14/h1-8,10,17,21H,9H2. The highest BCUT2D eigenvalue weighted by Crippen LogP contribution is 2.22. The number of nitrogens with zero attached hydrogens (tertiary/aromatic N) is 4. The molecule has 3 aromatic heterocycles. The van der Waals surface area contributed by atoms with E-state index in [1.807, 2.05) is 30.3 Å². The molecule has 0 aliphatic carbocycles. The Bertz CT molecular complexity index is 978. The highest BCUT2D eigenvalue weighted by molar-refractivity contribution is 5.84. The third-order valence-electron chi connectivity index (χ3n) is 3.66. The number of aromatic amines is 1. The minimum Gasteiger partial charge on any atom is -0.417 e. The van der Waals surface area contributed by atoms with Gasteiger partial charge in [0, 0.05) is 17.0 Å². The number of pyridine rings is 1. The molecule has 126 valence electrons. The second kappa shape index (κ2) is 6.31. The van der Waals surface area contributed by atoms with Crippen molar-refractivity contribution in [1.82, 2.24) is 25.0 Å². The SMILES string of the molecule is FC(F)Oc1cccc(Cn2cc(-c3cc4ccccc4[nH]3)nn2)n1. The van der Waals surface area contributed by atoms with Crippen LogP contribution in [-0.4, -0.2) is 31.6 Å². The first-order chi connectivity index (χ1) is 12.2. The van der Waals surface area contributed by atoms with Gasteiger partial charge in [-0.05, 0) is 18.2 Å². The van der Waals surface area contributed by atoms with Crippen molar-refractivity contribution < 1.29 is 13.5 Å². The average molecular weight is 341 g/mol. The summed E-state index contributed by atoms with van der Waals surface area (Å²) >= 11 is 0. The molecule has 0 atom stereocenters. The fourth-order valence-corrected chi connectivity index (χ4v) is 2.58. The number of rotatable bonds is 5. The second-order valence-corrected chi connectivity index (χ2v) is 5.42. The Morgan fingerprint density at radius 2 is 2.00 bits per heavy atom. The van der Waals surface area contributed by atoms with Gasteiger partial charge in [-0.3, -0.25) is 0 Å². The number of alkyl halides is 2. The summed E-state index contributed by atoms with van der Waals surface area (Å²) in [7, 11) is 0. The van der Waals surface area contributed by atoms with Gasteiger partial charge in [0.05, 0.1) is 24.1 Å². The smallest absolute Gasteiger partial charge is 0.388 e. The molecular weight excluding hydrogens is 328 g/mol. The molecule has 25 heavy (non-hydrogen) atoms. The number of fused-ring (bicyclic) bond motifs is 1. The van der Waals surface area contributed by atoms with E-state index in [-0.39, 0.29) is 5.88 Å². The van der Waals surface area contributed by atoms with E-state index >= 15 is 0 Å². The molecule has 0 unspecified atom stereocenters. The van der Waals surface area contributed by atoms with E-state index in [1.54, 1.807) is 23.0 Å². The van der Waals surface area contributed by atoms with Gasteiger partial charge in [0.15, 0.2) is 0 Å². The summed E-state index contributed by atoms with van der Waals surface area (Å²) < 4.78 is 30.4. The van der Waals surface area contributed by atoms with Crippen LogP contribution in [0.25, 0.3) is 22.3 Å². The van der Waals surface area contributed by atoms with Crippen molar-refractivity contribution in [3.8, 4) is 17.3 Å². The summed E-state index contributed by atoms with van der Waals surface area (Å²) in [6.07, 6.45) is 1.77. The summed E-state index contributed by atoms with van der Waals surface area (Å²) in [6, 6.07) is 14.6. The van der Waals surface area contributed by atoms with E-state index in [1.165, 1.54) is 6.07 Å². The van der Waals surface area contributed by atoms with E-state index in [2.05, 4.69) is 25.0 Å². The van der Waals surface area contributed by atoms with E-state index in [0.717, 1.165) is 16.6 Å². The first-order valence-corrected chi connectivity index (χ1v) is 7.56. The maximum atomic E-state index is 12.3. The number of H-pyrrole nitrogens is 1. The third-order valence-corrected chi connectivity index (χ3v) is 3.66. The lowest BCUT2D eigenvalue weighted by molar-refractivity contribution is -0.0529. The quantitative estimate of drug-likeness (QED) is 0.603. The van der Waals surface area contributed by atoms with Crippen LogP contribution in [0.1, 0.15) is 5.69 Å². The number of aromatic nitrogens is 5. The average Bonchev–Trinajstić information content (AvgIpc) is 3.20. The molecule has 0 aliphatic heterocycles. The van der Waals surface area contributed by atoms with Crippen molar-refractivity contribution in [1.29, 1.82) is 0 Å². The van der Waals surface area contributed by atoms with Crippen LogP contribution in [0.5, 0.6) is 5.88 Å². The van der Waals surface area contributed by atoms with Gasteiger partial charge < -0.3 is 9.72 Å². The Morgan fingerprint density at radius 1 is 1.12 bits per heavy atom. The molecule has 4 rings (SSSR count). The Hall–Kier alpha value is -3.29. The lowest BCUT2D eigenvalue weighted by Crippen LogP contribution is -2.07. The maximum Gasteiger partial charge on any atom is 0.388 e. The molecule has 3 heterocycles. The van der Waals surface area contributed by atoms with Crippen LogP contribution in [0.2, 0.25) is 0 Å². The summed E-state index contributed by atoms with van der Waals surface area (Å²) in [5, 5.41) is 9.31. The molecule has 0 spiro atoms. The first kappa shape index (κ1) is 15.3. The highest BCUT2D eigenvalue weighted by Gasteiger charge is 2.10. The molecular formula is C17H13F2N5O. The largest absolute Gasteiger partial charge is 0.417 e. The molecule has 1 aromatic carbocycles. The number of halogens is 2. The maximum absolute atomic E-state index is 12.3. The third kappa shape index (κ3) is 3.32. The van der Waals surface area contributed by atoms with Gasteiger partial charge in [-0.2, -0.15) is 8.78 Å². The number of nitrogens with one attached hydrogen (secondary N) is 1. The van der Waals surface area contributed by atoms with Crippen LogP contribution in [-0.2, 0) is 6.54 Å². The van der Waals surface area contributed by atoms with E-state index < -0.39 is 6.61 Å². The summed E-state index contributed by atoms with van der Waals surface area (Å²) in [4.78, 5) is 7.31. The number of hydrogen-bond acceptors (Lipinski definition) is 4. The van der Waals surface area contributed by atoms with Crippen LogP contribution < -0.4 is 4.74 Å². The molecule has 4 aromatic rings. The van der Waals surface area contributed by atoms with Crippen molar-refractivity contribution >= 4 is 10.9 Å². The van der Waals surface area contributed by atoms with Gasteiger partial charge in [-0.25, -0.2) is 9.67 Å².